The van der Waals surface area contributed by atoms with Crippen molar-refractivity contribution >= 4 is 39.5 Å². The average molecular weight is 1480 g/mol. The largest absolute Gasteiger partial charge is 0.472 e. The van der Waals surface area contributed by atoms with E-state index in [-0.39, 0.29) is 25.7 Å². The highest BCUT2D eigenvalue weighted by Gasteiger charge is 2.30. The predicted molar refractivity (Wildman–Crippen MR) is 414 cm³/mol. The summed E-state index contributed by atoms with van der Waals surface area (Å²) in [4.78, 5) is 73.0. The molecule has 0 aromatic carbocycles. The van der Waals surface area contributed by atoms with E-state index < -0.39 is 97.5 Å². The molecule has 101 heavy (non-hydrogen) atoms. The van der Waals surface area contributed by atoms with Crippen LogP contribution in [-0.4, -0.2) is 96.7 Å². The van der Waals surface area contributed by atoms with Crippen LogP contribution in [0.25, 0.3) is 0 Å². The van der Waals surface area contributed by atoms with E-state index in [2.05, 4.69) is 55.4 Å². The number of hydrogen-bond acceptors (Lipinski definition) is 15. The first-order chi connectivity index (χ1) is 48.6. The fraction of sp³-hybridized carbons (Fsp3) is 0.951. The number of phosphoric acid groups is 2. The van der Waals surface area contributed by atoms with Crippen molar-refractivity contribution in [3.8, 4) is 0 Å². The molecule has 0 aromatic heterocycles. The quantitative estimate of drug-likeness (QED) is 0.0222. The topological polar surface area (TPSA) is 237 Å². The van der Waals surface area contributed by atoms with E-state index in [4.69, 9.17) is 37.0 Å². The lowest BCUT2D eigenvalue weighted by atomic mass is 10.00. The molecule has 0 rings (SSSR count). The Morgan fingerprint density at radius 1 is 0.277 bits per heavy atom. The van der Waals surface area contributed by atoms with Gasteiger partial charge in [-0.15, -0.1) is 0 Å². The molecule has 3 unspecified atom stereocenters. The van der Waals surface area contributed by atoms with Crippen LogP contribution in [0.5, 0.6) is 0 Å². The van der Waals surface area contributed by atoms with E-state index in [0.29, 0.717) is 25.7 Å². The van der Waals surface area contributed by atoms with Crippen LogP contribution in [0.2, 0.25) is 0 Å². The molecular weight excluding hydrogens is 1320 g/mol. The summed E-state index contributed by atoms with van der Waals surface area (Å²) in [6.45, 7) is 14.3. The Hall–Kier alpha value is -1.94. The van der Waals surface area contributed by atoms with Crippen molar-refractivity contribution in [2.45, 2.75) is 440 Å². The van der Waals surface area contributed by atoms with Gasteiger partial charge in [0.15, 0.2) is 12.2 Å². The van der Waals surface area contributed by atoms with Gasteiger partial charge in [0, 0.05) is 25.7 Å². The number of ether oxygens (including phenoxy) is 4. The number of rotatable bonds is 79. The van der Waals surface area contributed by atoms with Gasteiger partial charge in [0.1, 0.15) is 19.3 Å². The molecule has 0 heterocycles. The molecule has 0 saturated carbocycles. The zero-order chi connectivity index (χ0) is 74.6. The van der Waals surface area contributed by atoms with Gasteiger partial charge in [0.25, 0.3) is 0 Å². The number of phosphoric ester groups is 2. The predicted octanol–water partition coefficient (Wildman–Crippen LogP) is 24.4. The summed E-state index contributed by atoms with van der Waals surface area (Å²) in [5, 5.41) is 10.6. The van der Waals surface area contributed by atoms with Crippen molar-refractivity contribution in [1.82, 2.24) is 0 Å². The Morgan fingerprint density at radius 2 is 0.475 bits per heavy atom. The highest BCUT2D eigenvalue weighted by atomic mass is 31.2. The minimum Gasteiger partial charge on any atom is -0.462 e. The molecule has 0 spiro atoms. The molecule has 3 N–H and O–H groups in total. The number of unbranched alkanes of at least 4 members (excludes halogenated alkanes) is 44. The molecule has 0 saturated heterocycles. The zero-order valence-corrected chi connectivity index (χ0v) is 68.3. The molecule has 6 atom stereocenters. The maximum Gasteiger partial charge on any atom is 0.472 e. The van der Waals surface area contributed by atoms with Crippen molar-refractivity contribution in [1.29, 1.82) is 0 Å². The van der Waals surface area contributed by atoms with Crippen molar-refractivity contribution in [3.05, 3.63) is 0 Å². The molecule has 0 aliphatic carbocycles. The van der Waals surface area contributed by atoms with Gasteiger partial charge in [-0.25, -0.2) is 9.13 Å². The highest BCUT2D eigenvalue weighted by molar-refractivity contribution is 7.47. The third kappa shape index (κ3) is 74.7. The van der Waals surface area contributed by atoms with Crippen molar-refractivity contribution in [2.24, 2.45) is 23.7 Å². The molecule has 19 heteroatoms. The molecule has 0 fully saturated rings. The first-order valence-electron chi connectivity index (χ1n) is 42.2. The van der Waals surface area contributed by atoms with E-state index in [1.165, 1.54) is 218 Å². The minimum atomic E-state index is -4.96. The van der Waals surface area contributed by atoms with Crippen LogP contribution in [0.4, 0.5) is 0 Å². The normalized spacial score (nSPS) is 14.3. The molecule has 0 radical (unpaired) electrons. The molecule has 0 aliphatic rings. The first-order valence-corrected chi connectivity index (χ1v) is 45.2. The third-order valence-corrected chi connectivity index (χ3v) is 21.3. The summed E-state index contributed by atoms with van der Waals surface area (Å²) >= 11 is 0. The fourth-order valence-electron chi connectivity index (χ4n) is 12.6. The van der Waals surface area contributed by atoms with Crippen molar-refractivity contribution in [3.63, 3.8) is 0 Å². The summed E-state index contributed by atoms with van der Waals surface area (Å²) in [6, 6.07) is 0. The van der Waals surface area contributed by atoms with Gasteiger partial charge in [0.2, 0.25) is 0 Å². The van der Waals surface area contributed by atoms with Gasteiger partial charge < -0.3 is 33.8 Å². The molecule has 17 nitrogen and oxygen atoms in total. The Morgan fingerprint density at radius 3 is 0.703 bits per heavy atom. The zero-order valence-electron chi connectivity index (χ0n) is 66.5. The second kappa shape index (κ2) is 71.0. The lowest BCUT2D eigenvalue weighted by molar-refractivity contribution is -0.161. The maximum atomic E-state index is 13.1. The summed E-state index contributed by atoms with van der Waals surface area (Å²) in [6.07, 6.45) is 58.4. The number of hydrogen-bond donors (Lipinski definition) is 3. The molecule has 0 bridgehead atoms. The fourth-order valence-corrected chi connectivity index (χ4v) is 14.2. The molecular formula is C82H160O17P2. The van der Waals surface area contributed by atoms with Gasteiger partial charge in [-0.3, -0.25) is 37.3 Å². The van der Waals surface area contributed by atoms with Crippen molar-refractivity contribution < 1.29 is 80.2 Å². The Labute approximate surface area is 619 Å². The van der Waals surface area contributed by atoms with Crippen LogP contribution in [0.15, 0.2) is 0 Å². The molecule has 0 amide bonds. The second-order valence-corrected chi connectivity index (χ2v) is 34.1. The summed E-state index contributed by atoms with van der Waals surface area (Å²) in [5.41, 5.74) is 0. The van der Waals surface area contributed by atoms with Gasteiger partial charge in [-0.2, -0.15) is 0 Å². The number of aliphatic hydroxyl groups is 1. The van der Waals surface area contributed by atoms with Crippen LogP contribution in [0.1, 0.15) is 421 Å². The molecule has 600 valence electrons. The average Bonchev–Trinajstić information content (AvgIpc) is 0.978. The number of carbonyl (C=O) groups excluding carboxylic acids is 4. The van der Waals surface area contributed by atoms with E-state index >= 15 is 0 Å². The Balaban J connectivity index is 5.21. The van der Waals surface area contributed by atoms with Gasteiger partial charge in [-0.05, 0) is 49.4 Å². The van der Waals surface area contributed by atoms with E-state index in [9.17, 15) is 43.2 Å². The van der Waals surface area contributed by atoms with Crippen LogP contribution in [-0.2, 0) is 65.4 Å². The highest BCUT2D eigenvalue weighted by Crippen LogP contribution is 2.45. The smallest absolute Gasteiger partial charge is 0.462 e. The number of carbonyl (C=O) groups is 4. The summed E-state index contributed by atoms with van der Waals surface area (Å²) in [7, 11) is -9.92. The first kappa shape index (κ1) is 99.1. The Kier molecular flexibility index (Phi) is 69.6. The number of esters is 4. The number of aliphatic hydroxyl groups excluding tert-OH is 1. The van der Waals surface area contributed by atoms with Crippen LogP contribution in [0.3, 0.4) is 0 Å². The second-order valence-electron chi connectivity index (χ2n) is 31.2. The standard InChI is InChI=1S/C82H160O17P2/c1-9-75(8)61-53-45-40-41-47-55-63-80(85)93-69-78(99-82(87)65-56-48-38-32-24-20-15-13-11-10-12-14-18-22-28-34-42-50-58-72(2)3)71-97-101(90,91)95-67-76(83)66-94-100(88,89)96-70-77(68-92-79(84)62-54-46-37-31-27-26-30-36-44-52-60-74(6)7)98-81(86)64-57-49-39-33-25-21-17-16-19-23-29-35-43-51-59-73(4)5/h72-78,83H,9-71H2,1-8H3,(H,88,89)(H,90,91)/t75?,76-,77-,78-/m1/s1. The van der Waals surface area contributed by atoms with Gasteiger partial charge >= 0.3 is 39.5 Å². The van der Waals surface area contributed by atoms with Gasteiger partial charge in [0.05, 0.1) is 26.4 Å². The van der Waals surface area contributed by atoms with Crippen molar-refractivity contribution in [2.75, 3.05) is 39.6 Å². The molecule has 0 aliphatic heterocycles. The van der Waals surface area contributed by atoms with Crippen LogP contribution >= 0.6 is 15.6 Å². The summed E-state index contributed by atoms with van der Waals surface area (Å²) < 4.78 is 68.7. The maximum absolute atomic E-state index is 13.1. The van der Waals surface area contributed by atoms with E-state index in [1.54, 1.807) is 0 Å². The third-order valence-electron chi connectivity index (χ3n) is 19.4. The SMILES string of the molecule is CCC(C)CCCCCCCCC(=O)OC[C@H](COP(=O)(O)OC[C@H](O)COP(=O)(O)OC[C@@H](COC(=O)CCCCCCCCCCCCC(C)C)OC(=O)CCCCCCCCCCCCCCCCC(C)C)OC(=O)CCCCCCCCCCCCCCCCCCCCC(C)C. The lowest BCUT2D eigenvalue weighted by Crippen LogP contribution is -2.30. The van der Waals surface area contributed by atoms with Crippen LogP contribution < -0.4 is 0 Å². The monoisotopic (exact) mass is 1480 g/mol. The van der Waals surface area contributed by atoms with Gasteiger partial charge in [-0.1, -0.05) is 370 Å². The Bertz CT molecular complexity index is 1970. The van der Waals surface area contributed by atoms with Crippen LogP contribution in [0, 0.1) is 23.7 Å². The summed E-state index contributed by atoms with van der Waals surface area (Å²) in [5.74, 6) is 0.991. The van der Waals surface area contributed by atoms with E-state index in [1.807, 2.05) is 0 Å². The van der Waals surface area contributed by atoms with E-state index in [0.717, 1.165) is 120 Å². The molecule has 0 aromatic rings. The minimum absolute atomic E-state index is 0.107. The lowest BCUT2D eigenvalue weighted by Gasteiger charge is -2.21.